The van der Waals surface area contributed by atoms with Gasteiger partial charge in [0.2, 0.25) is 5.95 Å². The lowest BCUT2D eigenvalue weighted by Crippen LogP contribution is -2.35. The molecule has 1 aromatic rings. The minimum atomic E-state index is 0.721. The first-order valence-electron chi connectivity index (χ1n) is 7.77. The zero-order valence-electron chi connectivity index (χ0n) is 12.2. The molecule has 4 nitrogen and oxygen atoms in total. The minimum absolute atomic E-state index is 0.721. The number of nitrogens with one attached hydrogen (secondary N) is 1. The van der Waals surface area contributed by atoms with Gasteiger partial charge in [0.15, 0.2) is 0 Å². The van der Waals surface area contributed by atoms with Gasteiger partial charge in [-0.25, -0.2) is 4.98 Å². The van der Waals surface area contributed by atoms with E-state index in [1.807, 2.05) is 0 Å². The lowest BCUT2D eigenvalue weighted by Gasteiger charge is -2.28. The van der Waals surface area contributed by atoms with Crippen molar-refractivity contribution in [1.29, 1.82) is 0 Å². The minimum Gasteiger partial charge on any atom is -0.345 e. The highest BCUT2D eigenvalue weighted by molar-refractivity contribution is 5.34. The van der Waals surface area contributed by atoms with Gasteiger partial charge in [0, 0.05) is 25.8 Å². The SMILES string of the molecule is CCc1cn(C2CC2)c(N(C)CC2CCNCC2)n1. The van der Waals surface area contributed by atoms with E-state index in [2.05, 4.69) is 35.0 Å². The van der Waals surface area contributed by atoms with Gasteiger partial charge in [-0.15, -0.1) is 0 Å². The van der Waals surface area contributed by atoms with Crippen molar-refractivity contribution in [2.45, 2.75) is 45.1 Å². The molecule has 1 N–H and O–H groups in total. The highest BCUT2D eigenvalue weighted by Crippen LogP contribution is 2.38. The fraction of sp³-hybridized carbons (Fsp3) is 0.800. The van der Waals surface area contributed by atoms with Gasteiger partial charge in [-0.1, -0.05) is 6.92 Å². The van der Waals surface area contributed by atoms with E-state index in [4.69, 9.17) is 4.98 Å². The number of imidazole rings is 1. The average molecular weight is 262 g/mol. The summed E-state index contributed by atoms with van der Waals surface area (Å²) in [5, 5.41) is 3.44. The molecule has 0 unspecified atom stereocenters. The molecule has 1 aliphatic carbocycles. The van der Waals surface area contributed by atoms with Crippen molar-refractivity contribution in [3.8, 4) is 0 Å². The van der Waals surface area contributed by atoms with Crippen molar-refractivity contribution >= 4 is 5.95 Å². The van der Waals surface area contributed by atoms with Crippen LogP contribution >= 0.6 is 0 Å². The molecule has 0 atom stereocenters. The van der Waals surface area contributed by atoms with Gasteiger partial charge in [0.25, 0.3) is 0 Å². The summed E-state index contributed by atoms with van der Waals surface area (Å²) >= 11 is 0. The molecule has 0 bridgehead atoms. The van der Waals surface area contributed by atoms with Crippen molar-refractivity contribution in [3.63, 3.8) is 0 Å². The summed E-state index contributed by atoms with van der Waals surface area (Å²) in [5.74, 6) is 2.01. The molecule has 0 aromatic carbocycles. The first kappa shape index (κ1) is 13.0. The highest BCUT2D eigenvalue weighted by Gasteiger charge is 2.28. The summed E-state index contributed by atoms with van der Waals surface area (Å²) in [5.41, 5.74) is 1.24. The van der Waals surface area contributed by atoms with Crippen molar-refractivity contribution < 1.29 is 0 Å². The normalized spacial score (nSPS) is 20.7. The van der Waals surface area contributed by atoms with Crippen LogP contribution in [0.2, 0.25) is 0 Å². The number of anilines is 1. The second kappa shape index (κ2) is 5.53. The van der Waals surface area contributed by atoms with Gasteiger partial charge >= 0.3 is 0 Å². The Balaban J connectivity index is 1.70. The molecule has 2 heterocycles. The van der Waals surface area contributed by atoms with Crippen molar-refractivity contribution in [1.82, 2.24) is 14.9 Å². The van der Waals surface area contributed by atoms with Gasteiger partial charge in [-0.05, 0) is 51.1 Å². The summed E-state index contributed by atoms with van der Waals surface area (Å²) < 4.78 is 2.42. The Labute approximate surface area is 116 Å². The van der Waals surface area contributed by atoms with Crippen LogP contribution in [0.4, 0.5) is 5.95 Å². The molecule has 1 aromatic heterocycles. The van der Waals surface area contributed by atoms with E-state index in [9.17, 15) is 0 Å². The summed E-state index contributed by atoms with van der Waals surface area (Å²) in [6.07, 6.45) is 8.56. The maximum atomic E-state index is 4.83. The average Bonchev–Trinajstić information content (AvgIpc) is 3.19. The lowest BCUT2D eigenvalue weighted by atomic mass is 9.98. The third-order valence-corrected chi connectivity index (χ3v) is 4.40. The number of hydrogen-bond acceptors (Lipinski definition) is 3. The van der Waals surface area contributed by atoms with Gasteiger partial charge in [-0.2, -0.15) is 0 Å². The van der Waals surface area contributed by atoms with Crippen LogP contribution < -0.4 is 10.2 Å². The number of aromatic nitrogens is 2. The van der Waals surface area contributed by atoms with Crippen LogP contribution in [0.5, 0.6) is 0 Å². The molecule has 4 heteroatoms. The predicted octanol–water partition coefficient (Wildman–Crippen LogP) is 2.22. The Hall–Kier alpha value is -1.03. The molecule has 1 saturated heterocycles. The number of nitrogens with zero attached hydrogens (tertiary/aromatic N) is 3. The van der Waals surface area contributed by atoms with Gasteiger partial charge in [0.1, 0.15) is 0 Å². The van der Waals surface area contributed by atoms with E-state index in [0.29, 0.717) is 0 Å². The van der Waals surface area contributed by atoms with Gasteiger partial charge in [-0.3, -0.25) is 0 Å². The molecule has 19 heavy (non-hydrogen) atoms. The molecule has 0 spiro atoms. The number of rotatable bonds is 5. The quantitative estimate of drug-likeness (QED) is 0.883. The Bertz CT molecular complexity index is 416. The summed E-state index contributed by atoms with van der Waals surface area (Å²) in [6, 6.07) is 0.721. The van der Waals surface area contributed by atoms with E-state index >= 15 is 0 Å². The zero-order valence-corrected chi connectivity index (χ0v) is 12.2. The molecule has 1 aliphatic heterocycles. The van der Waals surface area contributed by atoms with E-state index in [0.717, 1.165) is 24.9 Å². The monoisotopic (exact) mass is 262 g/mol. The molecule has 106 valence electrons. The number of piperidine rings is 1. The van der Waals surface area contributed by atoms with E-state index in [-0.39, 0.29) is 0 Å². The standard InChI is InChI=1S/C15H26N4/c1-3-13-11-19(14-4-5-14)15(17-13)18(2)10-12-6-8-16-9-7-12/h11-12,14,16H,3-10H2,1-2H3. The highest BCUT2D eigenvalue weighted by atomic mass is 15.3. The molecule has 1 saturated carbocycles. The summed E-state index contributed by atoms with van der Waals surface area (Å²) in [4.78, 5) is 7.21. The Kier molecular flexibility index (Phi) is 3.78. The topological polar surface area (TPSA) is 33.1 Å². The Morgan fingerprint density at radius 3 is 2.68 bits per heavy atom. The second-order valence-corrected chi connectivity index (χ2v) is 6.10. The van der Waals surface area contributed by atoms with Gasteiger partial charge < -0.3 is 14.8 Å². The maximum Gasteiger partial charge on any atom is 0.205 e. The first-order valence-corrected chi connectivity index (χ1v) is 7.77. The third-order valence-electron chi connectivity index (χ3n) is 4.40. The summed E-state index contributed by atoms with van der Waals surface area (Å²) in [6.45, 7) is 5.69. The van der Waals surface area contributed by atoms with E-state index < -0.39 is 0 Å². The summed E-state index contributed by atoms with van der Waals surface area (Å²) in [7, 11) is 2.21. The number of hydrogen-bond donors (Lipinski definition) is 1. The largest absolute Gasteiger partial charge is 0.345 e. The van der Waals surface area contributed by atoms with Crippen LogP contribution in [0.1, 0.15) is 44.3 Å². The molecule has 0 radical (unpaired) electrons. The van der Waals surface area contributed by atoms with Crippen molar-refractivity contribution in [3.05, 3.63) is 11.9 Å². The fourth-order valence-corrected chi connectivity index (χ4v) is 3.04. The van der Waals surface area contributed by atoms with Crippen LogP contribution in [-0.4, -0.2) is 36.2 Å². The molecular formula is C15H26N4. The fourth-order valence-electron chi connectivity index (χ4n) is 3.04. The maximum absolute atomic E-state index is 4.83. The number of aryl methyl sites for hydroxylation is 1. The van der Waals surface area contributed by atoms with Crippen LogP contribution in [0, 0.1) is 5.92 Å². The van der Waals surface area contributed by atoms with E-state index in [1.54, 1.807) is 0 Å². The third kappa shape index (κ3) is 2.94. The molecule has 3 rings (SSSR count). The molecule has 2 aliphatic rings. The smallest absolute Gasteiger partial charge is 0.205 e. The second-order valence-electron chi connectivity index (χ2n) is 6.10. The van der Waals surface area contributed by atoms with Crippen LogP contribution in [-0.2, 0) is 6.42 Å². The predicted molar refractivity (Wildman–Crippen MR) is 78.7 cm³/mol. The lowest BCUT2D eigenvalue weighted by molar-refractivity contribution is 0.376. The molecule has 2 fully saturated rings. The van der Waals surface area contributed by atoms with Crippen LogP contribution in [0.15, 0.2) is 6.20 Å². The zero-order chi connectivity index (χ0) is 13.2. The van der Waals surface area contributed by atoms with Gasteiger partial charge in [0.05, 0.1) is 5.69 Å². The molecule has 0 amide bonds. The van der Waals surface area contributed by atoms with Crippen molar-refractivity contribution in [2.24, 2.45) is 5.92 Å². The Morgan fingerprint density at radius 1 is 1.32 bits per heavy atom. The van der Waals surface area contributed by atoms with Crippen LogP contribution in [0.25, 0.3) is 0 Å². The Morgan fingerprint density at radius 2 is 2.05 bits per heavy atom. The van der Waals surface area contributed by atoms with E-state index in [1.165, 1.54) is 50.4 Å². The van der Waals surface area contributed by atoms with Crippen LogP contribution in [0.3, 0.4) is 0 Å². The van der Waals surface area contributed by atoms with Crippen molar-refractivity contribution in [2.75, 3.05) is 31.6 Å². The molecular weight excluding hydrogens is 236 g/mol. The first-order chi connectivity index (χ1) is 9.28.